The molecule has 0 bridgehead atoms. The predicted octanol–water partition coefficient (Wildman–Crippen LogP) is 3.04. The Morgan fingerprint density at radius 3 is 2.53 bits per heavy atom. The molecule has 0 radical (unpaired) electrons. The van der Waals surface area contributed by atoms with Crippen LogP contribution in [-0.2, 0) is 24.3 Å². The first kappa shape index (κ1) is 23.4. The van der Waals surface area contributed by atoms with E-state index in [0.717, 1.165) is 36.7 Å². The number of nitrogens with zero attached hydrogens (tertiary/aromatic N) is 2. The van der Waals surface area contributed by atoms with Gasteiger partial charge in [0.1, 0.15) is 0 Å². The van der Waals surface area contributed by atoms with Crippen LogP contribution >= 0.6 is 0 Å². The third-order valence-corrected chi connectivity index (χ3v) is 5.70. The molecule has 172 valence electrons. The first-order valence-corrected chi connectivity index (χ1v) is 11.1. The molecule has 3 rings (SSSR count). The number of hydrogen-bond acceptors (Lipinski definition) is 4. The Morgan fingerprint density at radius 2 is 1.84 bits per heavy atom. The van der Waals surface area contributed by atoms with E-state index in [0.29, 0.717) is 31.8 Å². The van der Waals surface area contributed by atoms with Gasteiger partial charge in [0, 0.05) is 39.6 Å². The zero-order valence-electron chi connectivity index (χ0n) is 19.5. The van der Waals surface area contributed by atoms with E-state index in [2.05, 4.69) is 46.8 Å². The van der Waals surface area contributed by atoms with Gasteiger partial charge in [-0.15, -0.1) is 0 Å². The lowest BCUT2D eigenvalue weighted by atomic mass is 9.98. The Hall–Kier alpha value is -3.22. The van der Waals surface area contributed by atoms with E-state index in [-0.39, 0.29) is 5.91 Å². The lowest BCUT2D eigenvalue weighted by molar-refractivity contribution is -0.132. The fourth-order valence-electron chi connectivity index (χ4n) is 3.93. The number of carbonyl (C=O) groups is 1. The summed E-state index contributed by atoms with van der Waals surface area (Å²) in [5, 5.41) is 6.61. The first-order chi connectivity index (χ1) is 15.5. The number of carbonyl (C=O) groups excluding carboxylic acids is 1. The van der Waals surface area contributed by atoms with Gasteiger partial charge in [0.15, 0.2) is 17.5 Å². The maximum Gasteiger partial charge on any atom is 0.222 e. The number of aryl methyl sites for hydroxylation is 1. The molecule has 0 spiro atoms. The first-order valence-electron chi connectivity index (χ1n) is 11.1. The number of hydrogen-bond donors (Lipinski definition) is 2. The maximum absolute atomic E-state index is 12.7. The van der Waals surface area contributed by atoms with Gasteiger partial charge in [0.05, 0.1) is 14.2 Å². The van der Waals surface area contributed by atoms with Crippen molar-refractivity contribution >= 4 is 11.9 Å². The zero-order chi connectivity index (χ0) is 22.9. The minimum absolute atomic E-state index is 0.176. The molecule has 1 aliphatic rings. The van der Waals surface area contributed by atoms with Crippen LogP contribution in [-0.4, -0.2) is 51.1 Å². The number of aliphatic imine (C=N–C) groups is 1. The molecule has 0 fully saturated rings. The highest BCUT2D eigenvalue weighted by Gasteiger charge is 2.22. The summed E-state index contributed by atoms with van der Waals surface area (Å²) in [5.74, 6) is 2.36. The number of amides is 1. The van der Waals surface area contributed by atoms with Crippen molar-refractivity contribution in [3.63, 3.8) is 0 Å². The average Bonchev–Trinajstić information content (AvgIpc) is 2.82. The Kier molecular flexibility index (Phi) is 8.36. The normalized spacial score (nSPS) is 13.4. The molecule has 2 N–H and O–H groups in total. The number of nitrogens with one attached hydrogen (secondary N) is 2. The molecule has 32 heavy (non-hydrogen) atoms. The Bertz CT molecular complexity index is 958. The highest BCUT2D eigenvalue weighted by Crippen LogP contribution is 2.33. The van der Waals surface area contributed by atoms with E-state index in [4.69, 9.17) is 9.47 Å². The van der Waals surface area contributed by atoms with Gasteiger partial charge in [-0.25, -0.2) is 0 Å². The summed E-state index contributed by atoms with van der Waals surface area (Å²) in [4.78, 5) is 18.9. The zero-order valence-corrected chi connectivity index (χ0v) is 19.5. The summed E-state index contributed by atoms with van der Waals surface area (Å²) < 4.78 is 10.8. The lowest BCUT2D eigenvalue weighted by Gasteiger charge is -2.29. The fourth-order valence-corrected chi connectivity index (χ4v) is 3.93. The second-order valence-corrected chi connectivity index (χ2v) is 7.99. The number of fused-ring (bicyclic) bond motifs is 1. The number of rotatable bonds is 8. The summed E-state index contributed by atoms with van der Waals surface area (Å²) in [6, 6.07) is 12.4. The Labute approximate surface area is 190 Å². The molecule has 0 aliphatic carbocycles. The van der Waals surface area contributed by atoms with Crippen LogP contribution in [0.2, 0.25) is 0 Å². The van der Waals surface area contributed by atoms with Gasteiger partial charge in [-0.1, -0.05) is 29.8 Å². The Balaban J connectivity index is 1.43. The van der Waals surface area contributed by atoms with E-state index in [1.54, 1.807) is 21.3 Å². The lowest BCUT2D eigenvalue weighted by Crippen LogP contribution is -2.38. The largest absolute Gasteiger partial charge is 0.493 e. The molecule has 1 amide bonds. The standard InChI is InChI=1S/C25H34N4O3/c1-18-7-5-8-19(13-18)16-28-25(26-2)27-11-6-9-24(30)29-12-10-20-14-22(31-3)23(32-4)15-21(20)17-29/h5,7-8,13-15H,6,9-12,16-17H2,1-4H3,(H2,26,27,28). The topological polar surface area (TPSA) is 75.2 Å². The monoisotopic (exact) mass is 438 g/mol. The number of ether oxygens (including phenoxy) is 2. The predicted molar refractivity (Wildman–Crippen MR) is 127 cm³/mol. The minimum Gasteiger partial charge on any atom is -0.493 e. The van der Waals surface area contributed by atoms with Crippen LogP contribution in [0.3, 0.4) is 0 Å². The van der Waals surface area contributed by atoms with Crippen LogP contribution in [0.4, 0.5) is 0 Å². The van der Waals surface area contributed by atoms with E-state index in [9.17, 15) is 4.79 Å². The number of guanidine groups is 1. The van der Waals surface area contributed by atoms with E-state index >= 15 is 0 Å². The molecule has 0 saturated carbocycles. The molecule has 0 unspecified atom stereocenters. The summed E-state index contributed by atoms with van der Waals surface area (Å²) in [6.07, 6.45) is 2.08. The molecular formula is C25H34N4O3. The van der Waals surface area contributed by atoms with E-state index in [1.807, 2.05) is 17.0 Å². The maximum atomic E-state index is 12.7. The highest BCUT2D eigenvalue weighted by atomic mass is 16.5. The summed E-state index contributed by atoms with van der Waals surface area (Å²) in [6.45, 7) is 4.83. The highest BCUT2D eigenvalue weighted by molar-refractivity contribution is 5.80. The van der Waals surface area contributed by atoms with Gasteiger partial charge in [-0.2, -0.15) is 0 Å². The quantitative estimate of drug-likeness (QED) is 0.376. The van der Waals surface area contributed by atoms with Crippen LogP contribution in [0, 0.1) is 6.92 Å². The molecule has 2 aromatic carbocycles. The summed E-state index contributed by atoms with van der Waals surface area (Å²) in [5.41, 5.74) is 4.80. The third-order valence-electron chi connectivity index (χ3n) is 5.70. The molecule has 2 aromatic rings. The molecular weight excluding hydrogens is 404 g/mol. The van der Waals surface area contributed by atoms with Gasteiger partial charge in [-0.3, -0.25) is 9.79 Å². The van der Waals surface area contributed by atoms with Crippen LogP contribution in [0.25, 0.3) is 0 Å². The molecule has 1 aliphatic heterocycles. The average molecular weight is 439 g/mol. The second-order valence-electron chi connectivity index (χ2n) is 7.99. The molecule has 1 heterocycles. The minimum atomic E-state index is 0.176. The van der Waals surface area contributed by atoms with Crippen molar-refractivity contribution in [3.8, 4) is 11.5 Å². The van der Waals surface area contributed by atoms with Gasteiger partial charge < -0.3 is 25.0 Å². The number of methoxy groups -OCH3 is 2. The van der Waals surface area contributed by atoms with Crippen molar-refractivity contribution in [1.29, 1.82) is 0 Å². The summed E-state index contributed by atoms with van der Waals surface area (Å²) in [7, 11) is 5.03. The van der Waals surface area contributed by atoms with Crippen molar-refractivity contribution < 1.29 is 14.3 Å². The van der Waals surface area contributed by atoms with E-state index < -0.39 is 0 Å². The molecule has 7 nitrogen and oxygen atoms in total. The summed E-state index contributed by atoms with van der Waals surface area (Å²) >= 11 is 0. The molecule has 0 aromatic heterocycles. The second kappa shape index (κ2) is 11.4. The van der Waals surface area contributed by atoms with Crippen molar-refractivity contribution in [2.24, 2.45) is 4.99 Å². The molecule has 7 heteroatoms. The van der Waals surface area contributed by atoms with Crippen molar-refractivity contribution in [2.45, 2.75) is 39.3 Å². The fraction of sp³-hybridized carbons (Fsp3) is 0.440. The van der Waals surface area contributed by atoms with Crippen molar-refractivity contribution in [2.75, 3.05) is 34.4 Å². The van der Waals surface area contributed by atoms with Crippen LogP contribution < -0.4 is 20.1 Å². The number of benzene rings is 2. The van der Waals surface area contributed by atoms with Crippen LogP contribution in [0.1, 0.15) is 35.1 Å². The molecule has 0 atom stereocenters. The van der Waals surface area contributed by atoms with Crippen LogP contribution in [0.15, 0.2) is 41.4 Å². The molecule has 0 saturated heterocycles. The van der Waals surface area contributed by atoms with Crippen molar-refractivity contribution in [1.82, 2.24) is 15.5 Å². The van der Waals surface area contributed by atoms with Crippen molar-refractivity contribution in [3.05, 3.63) is 58.7 Å². The van der Waals surface area contributed by atoms with Gasteiger partial charge >= 0.3 is 0 Å². The van der Waals surface area contributed by atoms with Gasteiger partial charge in [-0.05, 0) is 48.6 Å². The van der Waals surface area contributed by atoms with Gasteiger partial charge in [0.2, 0.25) is 5.91 Å². The van der Waals surface area contributed by atoms with Gasteiger partial charge in [0.25, 0.3) is 0 Å². The third kappa shape index (κ3) is 6.15. The van der Waals surface area contributed by atoms with Crippen LogP contribution in [0.5, 0.6) is 11.5 Å². The van der Waals surface area contributed by atoms with E-state index in [1.165, 1.54) is 16.7 Å². The Morgan fingerprint density at radius 1 is 1.09 bits per heavy atom. The smallest absolute Gasteiger partial charge is 0.222 e. The SMILES string of the molecule is CN=C(NCCCC(=O)N1CCc2cc(OC)c(OC)cc2C1)NCc1cccc(C)c1.